The Balaban J connectivity index is 0.00000128. The van der Waals surface area contributed by atoms with E-state index in [1.165, 1.54) is 83.1 Å². The van der Waals surface area contributed by atoms with Crippen LogP contribution in [-0.4, -0.2) is 4.57 Å². The van der Waals surface area contributed by atoms with E-state index < -0.39 is 0 Å². The zero-order chi connectivity index (χ0) is 29.1. The maximum absolute atomic E-state index is 2.56. The summed E-state index contributed by atoms with van der Waals surface area (Å²) in [4.78, 5) is 0. The molecule has 0 bridgehead atoms. The van der Waals surface area contributed by atoms with Crippen LogP contribution in [-0.2, 0) is 10.8 Å². The number of rotatable bonds is 0. The molecule has 0 atom stereocenters. The summed E-state index contributed by atoms with van der Waals surface area (Å²) >= 11 is 0. The van der Waals surface area contributed by atoms with E-state index in [9.17, 15) is 0 Å². The van der Waals surface area contributed by atoms with Crippen LogP contribution in [0.5, 0.6) is 0 Å². The van der Waals surface area contributed by atoms with Crippen molar-refractivity contribution in [3.05, 3.63) is 161 Å². The van der Waals surface area contributed by atoms with Gasteiger partial charge in [0, 0.05) is 16.2 Å². The van der Waals surface area contributed by atoms with Crippen molar-refractivity contribution in [2.75, 3.05) is 0 Å². The fourth-order valence-electron chi connectivity index (χ4n) is 8.81. The van der Waals surface area contributed by atoms with Crippen molar-refractivity contribution < 1.29 is 0 Å². The van der Waals surface area contributed by atoms with Crippen molar-refractivity contribution in [3.8, 4) is 27.9 Å². The highest BCUT2D eigenvalue weighted by atomic mass is 15.0. The van der Waals surface area contributed by atoms with Gasteiger partial charge in [0.25, 0.3) is 0 Å². The van der Waals surface area contributed by atoms with E-state index in [1.807, 2.05) is 13.8 Å². The Bertz CT molecular complexity index is 2250. The van der Waals surface area contributed by atoms with Crippen LogP contribution in [0.3, 0.4) is 0 Å². The molecule has 10 rings (SSSR count). The minimum atomic E-state index is -0.367. The first-order valence-corrected chi connectivity index (χ1v) is 15.6. The van der Waals surface area contributed by atoms with E-state index in [0.29, 0.717) is 0 Å². The third kappa shape index (κ3) is 2.70. The maximum Gasteiger partial charge on any atom is 0.0732 e. The van der Waals surface area contributed by atoms with Crippen LogP contribution >= 0.6 is 0 Å². The van der Waals surface area contributed by atoms with Crippen LogP contribution < -0.4 is 0 Å². The van der Waals surface area contributed by atoms with Crippen molar-refractivity contribution in [1.82, 2.24) is 4.57 Å². The van der Waals surface area contributed by atoms with Crippen molar-refractivity contribution in [1.29, 1.82) is 0 Å². The Morgan fingerprint density at radius 1 is 0.488 bits per heavy atom. The third-order valence-corrected chi connectivity index (χ3v) is 10.4. The molecule has 0 N–H and O–H groups in total. The van der Waals surface area contributed by atoms with E-state index in [1.54, 1.807) is 0 Å². The summed E-state index contributed by atoms with van der Waals surface area (Å²) in [5.74, 6) is 0. The van der Waals surface area contributed by atoms with Crippen molar-refractivity contribution in [3.63, 3.8) is 0 Å². The monoisotopic (exact) mass is 551 g/mol. The molecule has 1 heteroatoms. The zero-order valence-electron chi connectivity index (χ0n) is 25.1. The second-order valence-electron chi connectivity index (χ2n) is 12.5. The molecule has 3 aliphatic rings. The molecular formula is C42H33N. The minimum Gasteiger partial charge on any atom is -0.309 e. The molecule has 1 nitrogen and oxygen atoms in total. The molecule has 0 radical (unpaired) electrons. The summed E-state index contributed by atoms with van der Waals surface area (Å²) < 4.78 is 2.56. The minimum absolute atomic E-state index is 0.134. The number of aromatic nitrogens is 1. The lowest BCUT2D eigenvalue weighted by Crippen LogP contribution is -2.28. The molecular weight excluding hydrogens is 518 g/mol. The number of fused-ring (bicyclic) bond motifs is 16. The van der Waals surface area contributed by atoms with E-state index in [2.05, 4.69) is 146 Å². The second-order valence-corrected chi connectivity index (χ2v) is 12.5. The second kappa shape index (κ2) is 8.36. The normalized spacial score (nSPS) is 15.3. The van der Waals surface area contributed by atoms with Gasteiger partial charge in [-0.1, -0.05) is 137 Å². The Morgan fingerprint density at radius 3 is 1.60 bits per heavy atom. The topological polar surface area (TPSA) is 4.93 Å². The number of hydrogen-bond acceptors (Lipinski definition) is 0. The van der Waals surface area contributed by atoms with Gasteiger partial charge in [-0.3, -0.25) is 0 Å². The van der Waals surface area contributed by atoms with Gasteiger partial charge in [0.05, 0.1) is 22.1 Å². The standard InChI is InChI=1S/C40H27N.C2H6/c1-39(2)32-20-10-12-22-35(32)41-34-21-11-6-16-27(34)36-37-28(23-33(39)38(36)41)26-15-5-9-19-31(26)40(37)29-17-7-3-13-24(29)25-14-4-8-18-30(25)40;1-2/h3-23H,1-2H3;1-2H3. The first-order valence-electron chi connectivity index (χ1n) is 15.6. The molecule has 2 aliphatic carbocycles. The molecule has 1 aliphatic heterocycles. The summed E-state index contributed by atoms with van der Waals surface area (Å²) in [5, 5.41) is 2.74. The molecule has 1 aromatic heterocycles. The lowest BCUT2D eigenvalue weighted by molar-refractivity contribution is 0.630. The Kier molecular flexibility index (Phi) is 4.80. The van der Waals surface area contributed by atoms with Crippen LogP contribution in [0.25, 0.3) is 49.7 Å². The summed E-state index contributed by atoms with van der Waals surface area (Å²) in [7, 11) is 0. The first kappa shape index (κ1) is 24.7. The van der Waals surface area contributed by atoms with Gasteiger partial charge in [-0.05, 0) is 73.8 Å². The predicted octanol–water partition coefficient (Wildman–Crippen LogP) is 10.8. The zero-order valence-corrected chi connectivity index (χ0v) is 25.1. The number of benzene rings is 6. The molecule has 43 heavy (non-hydrogen) atoms. The number of hydrogen-bond donors (Lipinski definition) is 0. The maximum atomic E-state index is 2.56. The molecule has 0 fully saturated rings. The lowest BCUT2D eigenvalue weighted by atomic mass is 9.68. The van der Waals surface area contributed by atoms with Gasteiger partial charge in [-0.2, -0.15) is 0 Å². The molecule has 6 aromatic carbocycles. The van der Waals surface area contributed by atoms with Gasteiger partial charge in [-0.15, -0.1) is 0 Å². The molecule has 2 heterocycles. The lowest BCUT2D eigenvalue weighted by Gasteiger charge is -2.36. The summed E-state index contributed by atoms with van der Waals surface area (Å²) in [6.45, 7) is 8.82. The third-order valence-electron chi connectivity index (χ3n) is 10.4. The van der Waals surface area contributed by atoms with Crippen LogP contribution in [0.2, 0.25) is 0 Å². The smallest absolute Gasteiger partial charge is 0.0732 e. The van der Waals surface area contributed by atoms with Crippen LogP contribution in [0.4, 0.5) is 0 Å². The SMILES string of the molecule is CC.CC1(C)c2ccccc2-n2c3ccccc3c3c4c(cc1c32)-c1ccccc1C41c2ccccc2-c2ccccc21. The van der Waals surface area contributed by atoms with Crippen molar-refractivity contribution in [2.24, 2.45) is 0 Å². The molecule has 206 valence electrons. The average molecular weight is 552 g/mol. The summed E-state index contributed by atoms with van der Waals surface area (Å²) in [5.41, 5.74) is 17.3. The average Bonchev–Trinajstić information content (AvgIpc) is 3.67. The van der Waals surface area contributed by atoms with Crippen LogP contribution in [0.1, 0.15) is 61.1 Å². The fraction of sp³-hybridized carbons (Fsp3) is 0.143. The van der Waals surface area contributed by atoms with E-state index >= 15 is 0 Å². The highest BCUT2D eigenvalue weighted by Gasteiger charge is 2.53. The summed E-state index contributed by atoms with van der Waals surface area (Å²) in [6, 6.07) is 48.1. The summed E-state index contributed by atoms with van der Waals surface area (Å²) in [6.07, 6.45) is 0. The Labute approximate surface area is 253 Å². The van der Waals surface area contributed by atoms with Gasteiger partial charge in [0.2, 0.25) is 0 Å². The number of para-hydroxylation sites is 2. The molecule has 0 saturated heterocycles. The van der Waals surface area contributed by atoms with Crippen molar-refractivity contribution in [2.45, 2.75) is 38.5 Å². The highest BCUT2D eigenvalue weighted by Crippen LogP contribution is 2.66. The van der Waals surface area contributed by atoms with Crippen LogP contribution in [0, 0.1) is 0 Å². The van der Waals surface area contributed by atoms with E-state index in [-0.39, 0.29) is 10.8 Å². The molecule has 0 unspecified atom stereocenters. The largest absolute Gasteiger partial charge is 0.309 e. The van der Waals surface area contributed by atoms with E-state index in [0.717, 1.165) is 0 Å². The quantitative estimate of drug-likeness (QED) is 0.177. The number of nitrogens with zero attached hydrogens (tertiary/aromatic N) is 1. The van der Waals surface area contributed by atoms with Gasteiger partial charge in [-0.25, -0.2) is 0 Å². The molecule has 1 spiro atoms. The predicted molar refractivity (Wildman–Crippen MR) is 181 cm³/mol. The van der Waals surface area contributed by atoms with Gasteiger partial charge in [0.1, 0.15) is 0 Å². The van der Waals surface area contributed by atoms with Gasteiger partial charge in [0.15, 0.2) is 0 Å². The Morgan fingerprint density at radius 2 is 0.977 bits per heavy atom. The first-order chi connectivity index (χ1) is 21.1. The Hall–Kier alpha value is -4.88. The molecule has 0 amide bonds. The van der Waals surface area contributed by atoms with Crippen molar-refractivity contribution >= 4 is 21.8 Å². The van der Waals surface area contributed by atoms with Crippen LogP contribution in [0.15, 0.2) is 127 Å². The molecule has 0 saturated carbocycles. The van der Waals surface area contributed by atoms with Gasteiger partial charge < -0.3 is 4.57 Å². The highest BCUT2D eigenvalue weighted by molar-refractivity contribution is 6.18. The fourth-order valence-corrected chi connectivity index (χ4v) is 8.81. The van der Waals surface area contributed by atoms with Gasteiger partial charge >= 0.3 is 0 Å². The van der Waals surface area contributed by atoms with E-state index in [4.69, 9.17) is 0 Å². The molecule has 7 aromatic rings.